The first kappa shape index (κ1) is 25.7. The van der Waals surface area contributed by atoms with Gasteiger partial charge in [-0.25, -0.2) is 4.98 Å². The number of nitrogens with two attached hydrogens (primary N) is 1. The van der Waals surface area contributed by atoms with Gasteiger partial charge in [0.15, 0.2) is 0 Å². The normalized spacial score (nSPS) is 18.1. The second kappa shape index (κ2) is 10.6. The Morgan fingerprint density at radius 3 is 2.49 bits per heavy atom. The summed E-state index contributed by atoms with van der Waals surface area (Å²) in [6, 6.07) is 5.81. The minimum Gasteiger partial charge on any atom is -0.369 e. The summed E-state index contributed by atoms with van der Waals surface area (Å²) in [5.41, 5.74) is 5.90. The number of nitrogens with one attached hydrogen (secondary N) is 2. The molecular formula is C24H27F3N6O2. The molecule has 0 radical (unpaired) electrons. The van der Waals surface area contributed by atoms with E-state index in [2.05, 4.69) is 27.2 Å². The van der Waals surface area contributed by atoms with Gasteiger partial charge in [-0.2, -0.15) is 18.2 Å². The van der Waals surface area contributed by atoms with Crippen LogP contribution >= 0.6 is 0 Å². The number of hydrogen-bond acceptors (Lipinski definition) is 6. The van der Waals surface area contributed by atoms with Gasteiger partial charge < -0.3 is 21.3 Å². The maximum Gasteiger partial charge on any atom is 0.421 e. The first-order valence-electron chi connectivity index (χ1n) is 11.0. The van der Waals surface area contributed by atoms with Crippen LogP contribution < -0.4 is 16.4 Å². The van der Waals surface area contributed by atoms with E-state index in [4.69, 9.17) is 5.73 Å². The van der Waals surface area contributed by atoms with Gasteiger partial charge in [-0.05, 0) is 50.1 Å². The molecule has 1 aromatic heterocycles. The van der Waals surface area contributed by atoms with Crippen molar-refractivity contribution in [2.75, 3.05) is 17.7 Å². The van der Waals surface area contributed by atoms with Crippen molar-refractivity contribution in [3.63, 3.8) is 0 Å². The SMILES string of the molecule is C=C/C(=C\C)N(C)C(=O)c1ccc(Nc2ncc(C(F)(F)F)c(NC3CCCC3C(N)=O)n2)cc1. The molecule has 2 amide bonds. The quantitative estimate of drug-likeness (QED) is 0.473. The van der Waals surface area contributed by atoms with Gasteiger partial charge in [0.05, 0.1) is 5.92 Å². The number of likely N-dealkylation sites (N-methyl/N-ethyl adjacent to an activating group) is 1. The van der Waals surface area contributed by atoms with Gasteiger partial charge in [0, 0.05) is 36.2 Å². The second-order valence-corrected chi connectivity index (χ2v) is 8.13. The van der Waals surface area contributed by atoms with Gasteiger partial charge in [0.25, 0.3) is 5.91 Å². The van der Waals surface area contributed by atoms with Crippen molar-refractivity contribution in [2.45, 2.75) is 38.4 Å². The number of rotatable bonds is 8. The highest BCUT2D eigenvalue weighted by Crippen LogP contribution is 2.36. The van der Waals surface area contributed by atoms with Crippen LogP contribution in [0.25, 0.3) is 0 Å². The molecule has 1 aliphatic carbocycles. The Bertz CT molecular complexity index is 1130. The van der Waals surface area contributed by atoms with Gasteiger partial charge in [-0.3, -0.25) is 9.59 Å². The van der Waals surface area contributed by atoms with E-state index < -0.39 is 35.4 Å². The summed E-state index contributed by atoms with van der Waals surface area (Å²) in [4.78, 5) is 33.6. The van der Waals surface area contributed by atoms with Crippen molar-refractivity contribution >= 4 is 29.3 Å². The van der Waals surface area contributed by atoms with Crippen LogP contribution in [0, 0.1) is 5.92 Å². The van der Waals surface area contributed by atoms with E-state index in [0.717, 1.165) is 0 Å². The molecular weight excluding hydrogens is 461 g/mol. The third kappa shape index (κ3) is 5.97. The molecule has 1 aromatic carbocycles. The molecule has 0 bridgehead atoms. The highest BCUT2D eigenvalue weighted by molar-refractivity contribution is 5.95. The zero-order valence-corrected chi connectivity index (χ0v) is 19.4. The largest absolute Gasteiger partial charge is 0.421 e. The van der Waals surface area contributed by atoms with Crippen molar-refractivity contribution in [1.82, 2.24) is 14.9 Å². The van der Waals surface area contributed by atoms with Crippen LogP contribution in [0.1, 0.15) is 42.1 Å². The van der Waals surface area contributed by atoms with Crippen molar-refractivity contribution in [1.29, 1.82) is 0 Å². The Labute approximate surface area is 201 Å². The molecule has 1 heterocycles. The number of primary amides is 1. The van der Waals surface area contributed by atoms with Gasteiger partial charge in [-0.1, -0.05) is 19.1 Å². The minimum absolute atomic E-state index is 0.0758. The van der Waals surface area contributed by atoms with Gasteiger partial charge >= 0.3 is 6.18 Å². The average Bonchev–Trinajstić information content (AvgIpc) is 3.27. The summed E-state index contributed by atoms with van der Waals surface area (Å²) < 4.78 is 40.7. The number of benzene rings is 1. The fourth-order valence-electron chi connectivity index (χ4n) is 3.99. The standard InChI is InChI=1S/C24H27F3N6O2/c1-4-16(5-2)33(3)22(35)14-9-11-15(12-10-14)30-23-29-13-18(24(25,26)27)21(32-23)31-19-8-6-7-17(19)20(28)34/h4-5,9-13,17,19H,1,6-8H2,2-3H3,(H2,28,34)(H2,29,30,31,32)/b16-5+. The Kier molecular flexibility index (Phi) is 7.78. The van der Waals surface area contributed by atoms with E-state index in [1.54, 1.807) is 50.4 Å². The zero-order valence-electron chi connectivity index (χ0n) is 19.4. The number of carbonyl (C=O) groups excluding carboxylic acids is 2. The van der Waals surface area contributed by atoms with Crippen LogP contribution in [0.3, 0.4) is 0 Å². The fraction of sp³-hybridized carbons (Fsp3) is 0.333. The van der Waals surface area contributed by atoms with Crippen molar-refractivity contribution < 1.29 is 22.8 Å². The van der Waals surface area contributed by atoms with E-state index in [1.165, 1.54) is 4.90 Å². The number of nitrogens with zero attached hydrogens (tertiary/aromatic N) is 3. The summed E-state index contributed by atoms with van der Waals surface area (Å²) >= 11 is 0. The lowest BCUT2D eigenvalue weighted by molar-refractivity contribution is -0.137. The lowest BCUT2D eigenvalue weighted by atomic mass is 10.0. The van der Waals surface area contributed by atoms with Crippen LogP contribution in [-0.4, -0.2) is 39.8 Å². The molecule has 11 heteroatoms. The van der Waals surface area contributed by atoms with Crippen molar-refractivity contribution in [3.8, 4) is 0 Å². The molecule has 2 atom stereocenters. The molecule has 2 unspecified atom stereocenters. The van der Waals surface area contributed by atoms with Crippen LogP contribution in [0.4, 0.5) is 30.6 Å². The Hall–Kier alpha value is -3.89. The number of carbonyl (C=O) groups is 2. The highest BCUT2D eigenvalue weighted by Gasteiger charge is 2.38. The molecule has 1 aliphatic rings. The molecule has 186 valence electrons. The van der Waals surface area contributed by atoms with E-state index in [9.17, 15) is 22.8 Å². The number of amides is 2. The smallest absolute Gasteiger partial charge is 0.369 e. The molecule has 0 aliphatic heterocycles. The van der Waals surface area contributed by atoms with Gasteiger partial charge in [0.2, 0.25) is 11.9 Å². The average molecular weight is 489 g/mol. The Balaban J connectivity index is 1.81. The van der Waals surface area contributed by atoms with E-state index in [-0.39, 0.29) is 11.9 Å². The zero-order chi connectivity index (χ0) is 25.8. The van der Waals surface area contributed by atoms with Crippen LogP contribution in [0.15, 0.2) is 54.9 Å². The second-order valence-electron chi connectivity index (χ2n) is 8.13. The monoisotopic (exact) mass is 488 g/mol. The predicted octanol–water partition coefficient (Wildman–Crippen LogP) is 4.47. The van der Waals surface area contributed by atoms with E-state index in [1.807, 2.05) is 0 Å². The molecule has 0 spiro atoms. The molecule has 8 nitrogen and oxygen atoms in total. The third-order valence-corrected chi connectivity index (χ3v) is 5.88. The van der Waals surface area contributed by atoms with Crippen molar-refractivity contribution in [3.05, 3.63) is 66.0 Å². The number of hydrogen-bond donors (Lipinski definition) is 3. The van der Waals surface area contributed by atoms with Crippen LogP contribution in [0.5, 0.6) is 0 Å². The molecule has 1 saturated carbocycles. The van der Waals surface area contributed by atoms with Crippen molar-refractivity contribution in [2.24, 2.45) is 11.7 Å². The number of anilines is 3. The number of allylic oxidation sites excluding steroid dienone is 2. The minimum atomic E-state index is -4.69. The summed E-state index contributed by atoms with van der Waals surface area (Å²) in [6.07, 6.45) is 1.00. The number of alkyl halides is 3. The fourth-order valence-corrected chi connectivity index (χ4v) is 3.99. The summed E-state index contributed by atoms with van der Waals surface area (Å²) in [5.74, 6) is -1.88. The molecule has 2 aromatic rings. The molecule has 4 N–H and O–H groups in total. The first-order valence-corrected chi connectivity index (χ1v) is 11.0. The highest BCUT2D eigenvalue weighted by atomic mass is 19.4. The van der Waals surface area contributed by atoms with Crippen LogP contribution in [-0.2, 0) is 11.0 Å². The topological polar surface area (TPSA) is 113 Å². The lowest BCUT2D eigenvalue weighted by Crippen LogP contribution is -2.35. The summed E-state index contributed by atoms with van der Waals surface area (Å²) in [6.45, 7) is 5.47. The van der Waals surface area contributed by atoms with E-state index >= 15 is 0 Å². The third-order valence-electron chi connectivity index (χ3n) is 5.88. The summed E-state index contributed by atoms with van der Waals surface area (Å²) in [5, 5.41) is 5.60. The van der Waals surface area contributed by atoms with Gasteiger partial charge in [0.1, 0.15) is 11.4 Å². The number of halogens is 3. The molecule has 35 heavy (non-hydrogen) atoms. The Morgan fingerprint density at radius 2 is 1.91 bits per heavy atom. The Morgan fingerprint density at radius 1 is 1.23 bits per heavy atom. The first-order chi connectivity index (χ1) is 16.5. The predicted molar refractivity (Wildman–Crippen MR) is 127 cm³/mol. The summed E-state index contributed by atoms with van der Waals surface area (Å²) in [7, 11) is 1.63. The number of aromatic nitrogens is 2. The molecule has 3 rings (SSSR count). The van der Waals surface area contributed by atoms with E-state index in [0.29, 0.717) is 42.4 Å². The lowest BCUT2D eigenvalue weighted by Gasteiger charge is -2.22. The van der Waals surface area contributed by atoms with Gasteiger partial charge in [-0.15, -0.1) is 0 Å². The van der Waals surface area contributed by atoms with Crippen LogP contribution in [0.2, 0.25) is 0 Å². The maximum atomic E-state index is 13.6. The molecule has 0 saturated heterocycles. The maximum absolute atomic E-state index is 13.6. The molecule has 1 fully saturated rings.